The molecule has 2 aromatic rings. The molecule has 0 spiro atoms. The van der Waals surface area contributed by atoms with Crippen molar-refractivity contribution >= 4 is 29.1 Å². The Kier molecular flexibility index (Phi) is 7.71. The van der Waals surface area contributed by atoms with Crippen LogP contribution in [0.5, 0.6) is 5.75 Å². The van der Waals surface area contributed by atoms with E-state index in [-0.39, 0.29) is 24.3 Å². The van der Waals surface area contributed by atoms with Crippen molar-refractivity contribution in [1.82, 2.24) is 5.32 Å². The molecule has 7 heteroatoms. The summed E-state index contributed by atoms with van der Waals surface area (Å²) < 4.78 is 11.6. The second-order valence-electron chi connectivity index (χ2n) is 7.50. The third-order valence-corrected chi connectivity index (χ3v) is 5.15. The largest absolute Gasteiger partial charge is 0.489 e. The van der Waals surface area contributed by atoms with Crippen molar-refractivity contribution in [2.75, 3.05) is 18.5 Å². The summed E-state index contributed by atoms with van der Waals surface area (Å²) in [7, 11) is 0. The maximum absolute atomic E-state index is 12.8. The number of carbonyl (C=O) groups is 2. The van der Waals surface area contributed by atoms with Gasteiger partial charge in [0.1, 0.15) is 12.4 Å². The Bertz CT molecular complexity index is 879. The summed E-state index contributed by atoms with van der Waals surface area (Å²) in [5.74, 6) is 0.176. The van der Waals surface area contributed by atoms with Crippen LogP contribution >= 0.6 is 11.6 Å². The first kappa shape index (κ1) is 22.1. The molecule has 1 saturated heterocycles. The van der Waals surface area contributed by atoms with Gasteiger partial charge in [0, 0.05) is 18.6 Å². The number of halogens is 1. The van der Waals surface area contributed by atoms with Gasteiger partial charge in [-0.2, -0.15) is 0 Å². The molecule has 160 valence electrons. The molecule has 6 nitrogen and oxygen atoms in total. The van der Waals surface area contributed by atoms with Crippen molar-refractivity contribution in [1.29, 1.82) is 0 Å². The van der Waals surface area contributed by atoms with Crippen LogP contribution < -0.4 is 15.4 Å². The molecule has 1 fully saturated rings. The first-order valence-electron chi connectivity index (χ1n) is 10.1. The number of hydrogen-bond donors (Lipinski definition) is 2. The molecule has 3 rings (SSSR count). The molecule has 1 heterocycles. The minimum absolute atomic E-state index is 0.0836. The summed E-state index contributed by atoms with van der Waals surface area (Å²) >= 11 is 5.95. The number of aryl methyl sites for hydroxylation is 1. The van der Waals surface area contributed by atoms with Crippen LogP contribution in [0.3, 0.4) is 0 Å². The zero-order valence-corrected chi connectivity index (χ0v) is 18.0. The lowest BCUT2D eigenvalue weighted by molar-refractivity contribution is -0.120. The minimum atomic E-state index is -0.457. The minimum Gasteiger partial charge on any atom is -0.489 e. The average molecular weight is 431 g/mol. The Hall–Kier alpha value is -2.57. The monoisotopic (exact) mass is 430 g/mol. The van der Waals surface area contributed by atoms with Gasteiger partial charge in [-0.1, -0.05) is 29.8 Å². The molecular formula is C23H27ClN2O4. The fourth-order valence-electron chi connectivity index (χ4n) is 3.39. The van der Waals surface area contributed by atoms with Crippen molar-refractivity contribution in [3.63, 3.8) is 0 Å². The number of rotatable bonds is 8. The molecule has 0 bridgehead atoms. The lowest BCUT2D eigenvalue weighted by Crippen LogP contribution is -2.29. The van der Waals surface area contributed by atoms with Crippen LogP contribution in [-0.2, 0) is 14.3 Å². The summed E-state index contributed by atoms with van der Waals surface area (Å²) in [6, 6.07) is 12.3. The highest BCUT2D eigenvalue weighted by Gasteiger charge is 2.20. The van der Waals surface area contributed by atoms with Gasteiger partial charge in [-0.05, 0) is 55.2 Å². The quantitative estimate of drug-likeness (QED) is 0.650. The van der Waals surface area contributed by atoms with Gasteiger partial charge in [0.15, 0.2) is 0 Å². The fraction of sp³-hybridized carbons (Fsp3) is 0.391. The summed E-state index contributed by atoms with van der Waals surface area (Å²) in [6.07, 6.45) is 2.19. The van der Waals surface area contributed by atoms with Crippen LogP contribution in [0.15, 0.2) is 42.5 Å². The highest BCUT2D eigenvalue weighted by molar-refractivity contribution is 6.30. The van der Waals surface area contributed by atoms with Crippen LogP contribution in [-0.4, -0.2) is 31.1 Å². The van der Waals surface area contributed by atoms with Crippen LogP contribution in [0.1, 0.15) is 43.4 Å². The van der Waals surface area contributed by atoms with Gasteiger partial charge in [-0.25, -0.2) is 0 Å². The van der Waals surface area contributed by atoms with E-state index >= 15 is 0 Å². The number of nitrogens with one attached hydrogen (secondary N) is 2. The summed E-state index contributed by atoms with van der Waals surface area (Å²) in [5, 5.41) is 6.34. The Labute approximate surface area is 181 Å². The Morgan fingerprint density at radius 2 is 2.00 bits per heavy atom. The molecule has 0 aliphatic carbocycles. The van der Waals surface area contributed by atoms with E-state index in [0.29, 0.717) is 23.1 Å². The molecule has 1 aliphatic heterocycles. The molecule has 0 radical (unpaired) electrons. The van der Waals surface area contributed by atoms with Gasteiger partial charge < -0.3 is 20.1 Å². The highest BCUT2D eigenvalue weighted by Crippen LogP contribution is 2.28. The maximum Gasteiger partial charge on any atom is 0.226 e. The number of amides is 2. The first-order valence-corrected chi connectivity index (χ1v) is 10.5. The molecule has 2 amide bonds. The number of benzene rings is 2. The zero-order valence-electron chi connectivity index (χ0n) is 17.2. The summed E-state index contributed by atoms with van der Waals surface area (Å²) in [4.78, 5) is 24.4. The van der Waals surface area contributed by atoms with Crippen molar-refractivity contribution in [2.24, 2.45) is 0 Å². The third-order valence-electron chi connectivity index (χ3n) is 4.90. The molecule has 2 N–H and O–H groups in total. The molecule has 30 heavy (non-hydrogen) atoms. The molecule has 0 aromatic heterocycles. The Morgan fingerprint density at radius 1 is 1.23 bits per heavy atom. The van der Waals surface area contributed by atoms with E-state index in [0.717, 1.165) is 30.6 Å². The van der Waals surface area contributed by atoms with E-state index in [2.05, 4.69) is 10.6 Å². The molecule has 2 atom stereocenters. The SMILES string of the molecule is CC(=O)NC(CC(=O)Nc1ccc(C)cc1OCC1CCCO1)c1ccc(Cl)cc1. The van der Waals surface area contributed by atoms with E-state index < -0.39 is 6.04 Å². The number of ether oxygens (including phenoxy) is 2. The van der Waals surface area contributed by atoms with Gasteiger partial charge in [-0.15, -0.1) is 0 Å². The molecule has 2 aromatic carbocycles. The van der Waals surface area contributed by atoms with Crippen LogP contribution in [0.2, 0.25) is 5.02 Å². The standard InChI is InChI=1S/C23H27ClN2O4/c1-15-5-10-20(22(12-15)30-14-19-4-3-11-29-19)26-23(28)13-21(25-16(2)27)17-6-8-18(24)9-7-17/h5-10,12,19,21H,3-4,11,13-14H2,1-2H3,(H,25,27)(H,26,28). The molecular weight excluding hydrogens is 404 g/mol. The second kappa shape index (κ2) is 10.5. The Morgan fingerprint density at radius 3 is 2.67 bits per heavy atom. The van der Waals surface area contributed by atoms with Crippen LogP contribution in [0.4, 0.5) is 5.69 Å². The number of anilines is 1. The van der Waals surface area contributed by atoms with Crippen molar-refractivity contribution in [3.8, 4) is 5.75 Å². The fourth-order valence-corrected chi connectivity index (χ4v) is 3.52. The van der Waals surface area contributed by atoms with Crippen molar-refractivity contribution in [3.05, 3.63) is 58.6 Å². The van der Waals surface area contributed by atoms with Gasteiger partial charge >= 0.3 is 0 Å². The molecule has 0 saturated carbocycles. The van der Waals surface area contributed by atoms with Gasteiger partial charge in [0.2, 0.25) is 11.8 Å². The van der Waals surface area contributed by atoms with Gasteiger partial charge in [0.05, 0.1) is 24.3 Å². The van der Waals surface area contributed by atoms with Crippen molar-refractivity contribution in [2.45, 2.75) is 45.3 Å². The zero-order chi connectivity index (χ0) is 21.5. The second-order valence-corrected chi connectivity index (χ2v) is 7.94. The van der Waals surface area contributed by atoms with E-state index in [1.165, 1.54) is 6.92 Å². The lowest BCUT2D eigenvalue weighted by atomic mass is 10.0. The van der Waals surface area contributed by atoms with Gasteiger partial charge in [-0.3, -0.25) is 9.59 Å². The predicted octanol–water partition coefficient (Wildman–Crippen LogP) is 4.41. The van der Waals surface area contributed by atoms with Crippen LogP contribution in [0.25, 0.3) is 0 Å². The average Bonchev–Trinajstić information content (AvgIpc) is 3.21. The molecule has 1 aliphatic rings. The van der Waals surface area contributed by atoms with E-state index in [1.54, 1.807) is 24.3 Å². The summed E-state index contributed by atoms with van der Waals surface area (Å²) in [6.45, 7) is 4.61. The number of carbonyl (C=O) groups excluding carboxylic acids is 2. The smallest absolute Gasteiger partial charge is 0.226 e. The van der Waals surface area contributed by atoms with E-state index in [4.69, 9.17) is 21.1 Å². The first-order chi connectivity index (χ1) is 14.4. The van der Waals surface area contributed by atoms with E-state index in [9.17, 15) is 9.59 Å². The third kappa shape index (κ3) is 6.47. The van der Waals surface area contributed by atoms with E-state index in [1.807, 2.05) is 25.1 Å². The predicted molar refractivity (Wildman–Crippen MR) is 117 cm³/mol. The maximum atomic E-state index is 12.8. The normalized spacial score (nSPS) is 16.7. The van der Waals surface area contributed by atoms with Crippen molar-refractivity contribution < 1.29 is 19.1 Å². The van der Waals surface area contributed by atoms with Gasteiger partial charge in [0.25, 0.3) is 0 Å². The number of hydrogen-bond acceptors (Lipinski definition) is 4. The topological polar surface area (TPSA) is 76.7 Å². The molecule has 2 unspecified atom stereocenters. The summed E-state index contributed by atoms with van der Waals surface area (Å²) in [5.41, 5.74) is 2.44. The highest BCUT2D eigenvalue weighted by atomic mass is 35.5. The lowest BCUT2D eigenvalue weighted by Gasteiger charge is -2.19. The Balaban J connectivity index is 1.68. The van der Waals surface area contributed by atoms with Crippen LogP contribution in [0, 0.1) is 6.92 Å².